The van der Waals surface area contributed by atoms with Gasteiger partial charge in [-0.25, -0.2) is 8.42 Å². The molecule has 1 fully saturated rings. The number of methoxy groups -OCH3 is 1. The van der Waals surface area contributed by atoms with Gasteiger partial charge in [0.05, 0.1) is 30.3 Å². The highest BCUT2D eigenvalue weighted by atomic mass is 127. The van der Waals surface area contributed by atoms with Crippen molar-refractivity contribution in [2.75, 3.05) is 43.5 Å². The fourth-order valence-corrected chi connectivity index (χ4v) is 6.52. The van der Waals surface area contributed by atoms with Gasteiger partial charge in [0.25, 0.3) is 5.91 Å². The minimum absolute atomic E-state index is 0.222. The lowest BCUT2D eigenvalue weighted by Gasteiger charge is -2.28. The van der Waals surface area contributed by atoms with Crippen LogP contribution in [0.4, 0.5) is 11.4 Å². The molecule has 0 atom stereocenters. The Morgan fingerprint density at radius 3 is 2.42 bits per heavy atom. The molecule has 2 N–H and O–H groups in total. The zero-order valence-electron chi connectivity index (χ0n) is 25.9. The lowest BCUT2D eigenvalue weighted by atomic mass is 9.86. The Bertz CT molecular complexity index is 1600. The number of aryl methyl sites for hydroxylation is 1. The Labute approximate surface area is 269 Å². The Morgan fingerprint density at radius 1 is 1.12 bits per heavy atom. The summed E-state index contributed by atoms with van der Waals surface area (Å²) in [5.74, 6) is 1.69. The number of hydrogen-bond donors (Lipinski definition) is 2. The first-order valence-electron chi connectivity index (χ1n) is 14.3. The van der Waals surface area contributed by atoms with Crippen LogP contribution in [0.3, 0.4) is 0 Å². The van der Waals surface area contributed by atoms with Crippen molar-refractivity contribution in [3.8, 4) is 17.2 Å². The number of nitrogens with one attached hydrogen (secondary N) is 2. The first kappa shape index (κ1) is 33.0. The molecular weight excluding hydrogens is 679 g/mol. The summed E-state index contributed by atoms with van der Waals surface area (Å²) >= 11 is 2.14. The molecule has 0 bridgehead atoms. The molecule has 0 aliphatic carbocycles. The van der Waals surface area contributed by atoms with Crippen LogP contribution in [0.2, 0.25) is 0 Å². The number of likely N-dealkylation sites (tertiary alicyclic amines) is 1. The molecule has 0 saturated carbocycles. The maximum absolute atomic E-state index is 13.7. The van der Waals surface area contributed by atoms with Crippen LogP contribution in [0.15, 0.2) is 42.6 Å². The monoisotopic (exact) mass is 720 g/mol. The SMILES string of the molecule is COc1c(NC(=O)c2cc(Oc3ccnc(CC4CCN(C)CC4)c3)c(C)cc2I)cc(C(C)(C)C)cc1NS(C)(=O)=O. The van der Waals surface area contributed by atoms with E-state index < -0.39 is 10.0 Å². The number of carbonyl (C=O) groups is 1. The average molecular weight is 721 g/mol. The van der Waals surface area contributed by atoms with Gasteiger partial charge in [0.2, 0.25) is 10.0 Å². The third-order valence-corrected chi connectivity index (χ3v) is 9.05. The van der Waals surface area contributed by atoms with E-state index in [2.05, 4.69) is 49.6 Å². The average Bonchev–Trinajstić information content (AvgIpc) is 2.90. The number of pyridine rings is 1. The van der Waals surface area contributed by atoms with Crippen LogP contribution in [0.25, 0.3) is 0 Å². The van der Waals surface area contributed by atoms with Crippen LogP contribution < -0.4 is 19.5 Å². The highest BCUT2D eigenvalue weighted by molar-refractivity contribution is 14.1. The van der Waals surface area contributed by atoms with Crippen LogP contribution >= 0.6 is 22.6 Å². The molecule has 0 unspecified atom stereocenters. The molecule has 43 heavy (non-hydrogen) atoms. The molecule has 1 aromatic heterocycles. The van der Waals surface area contributed by atoms with Gasteiger partial charge in [-0.15, -0.1) is 0 Å². The molecule has 232 valence electrons. The zero-order valence-corrected chi connectivity index (χ0v) is 28.9. The molecule has 1 amide bonds. The molecular formula is C32H41IN4O5S. The van der Waals surface area contributed by atoms with Gasteiger partial charge >= 0.3 is 0 Å². The third-order valence-electron chi connectivity index (χ3n) is 7.56. The number of nitrogens with zero attached hydrogens (tertiary/aromatic N) is 2. The number of carbonyl (C=O) groups excluding carboxylic acids is 1. The molecule has 2 heterocycles. The van der Waals surface area contributed by atoms with E-state index in [0.29, 0.717) is 28.7 Å². The number of halogens is 1. The first-order valence-corrected chi connectivity index (χ1v) is 17.2. The number of rotatable bonds is 9. The molecule has 3 aromatic rings. The van der Waals surface area contributed by atoms with Crippen molar-refractivity contribution in [2.45, 2.75) is 52.4 Å². The molecule has 1 aliphatic heterocycles. The maximum Gasteiger partial charge on any atom is 0.256 e. The van der Waals surface area contributed by atoms with E-state index in [1.165, 1.54) is 7.11 Å². The van der Waals surface area contributed by atoms with E-state index in [0.717, 1.165) is 59.0 Å². The maximum atomic E-state index is 13.7. The molecule has 0 spiro atoms. The summed E-state index contributed by atoms with van der Waals surface area (Å²) in [5.41, 5.74) is 3.42. The second-order valence-electron chi connectivity index (χ2n) is 12.3. The summed E-state index contributed by atoms with van der Waals surface area (Å²) in [7, 11) is 0.000489. The van der Waals surface area contributed by atoms with Crippen molar-refractivity contribution >= 4 is 49.9 Å². The van der Waals surface area contributed by atoms with Gasteiger partial charge in [0.15, 0.2) is 5.75 Å². The van der Waals surface area contributed by atoms with Gasteiger partial charge in [-0.3, -0.25) is 14.5 Å². The van der Waals surface area contributed by atoms with E-state index in [1.54, 1.807) is 18.3 Å². The minimum Gasteiger partial charge on any atom is -0.492 e. The Hall–Kier alpha value is -2.90. The van der Waals surface area contributed by atoms with E-state index >= 15 is 0 Å². The van der Waals surface area contributed by atoms with Gasteiger partial charge < -0.3 is 19.7 Å². The van der Waals surface area contributed by atoms with Crippen LogP contribution in [-0.4, -0.2) is 57.7 Å². The molecule has 1 saturated heterocycles. The number of hydrogen-bond acceptors (Lipinski definition) is 7. The van der Waals surface area contributed by atoms with E-state index in [9.17, 15) is 13.2 Å². The van der Waals surface area contributed by atoms with Crippen molar-refractivity contribution < 1.29 is 22.7 Å². The summed E-state index contributed by atoms with van der Waals surface area (Å²) in [6.45, 7) is 10.2. The lowest BCUT2D eigenvalue weighted by Crippen LogP contribution is -2.31. The third kappa shape index (κ3) is 8.82. The lowest BCUT2D eigenvalue weighted by molar-refractivity contribution is 0.102. The number of anilines is 2. The number of benzene rings is 2. The minimum atomic E-state index is -3.60. The number of amides is 1. The molecule has 4 rings (SSSR count). The molecule has 11 heteroatoms. The predicted molar refractivity (Wildman–Crippen MR) is 180 cm³/mol. The van der Waals surface area contributed by atoms with Crippen LogP contribution in [-0.2, 0) is 21.9 Å². The van der Waals surface area contributed by atoms with E-state index in [1.807, 2.05) is 52.0 Å². The Kier molecular flexibility index (Phi) is 10.3. The Morgan fingerprint density at radius 2 is 1.79 bits per heavy atom. The normalized spacial score (nSPS) is 14.8. The van der Waals surface area contributed by atoms with Gasteiger partial charge in [-0.2, -0.15) is 0 Å². The largest absolute Gasteiger partial charge is 0.492 e. The number of piperidine rings is 1. The van der Waals surface area contributed by atoms with Crippen LogP contribution in [0.1, 0.15) is 60.8 Å². The summed E-state index contributed by atoms with van der Waals surface area (Å²) in [6.07, 6.45) is 6.08. The topological polar surface area (TPSA) is 110 Å². The van der Waals surface area contributed by atoms with Crippen LogP contribution in [0, 0.1) is 16.4 Å². The molecule has 9 nitrogen and oxygen atoms in total. The van der Waals surface area contributed by atoms with Crippen LogP contribution in [0.5, 0.6) is 17.2 Å². The summed E-state index contributed by atoms with van der Waals surface area (Å²) in [6, 6.07) is 11.0. The van der Waals surface area contributed by atoms with Crippen molar-refractivity contribution in [2.24, 2.45) is 5.92 Å². The van der Waals surface area contributed by atoms with Gasteiger partial charge in [-0.1, -0.05) is 20.8 Å². The van der Waals surface area contributed by atoms with Crippen molar-refractivity contribution in [3.63, 3.8) is 0 Å². The molecule has 1 aliphatic rings. The van der Waals surface area contributed by atoms with Crippen molar-refractivity contribution in [3.05, 3.63) is 68.5 Å². The second-order valence-corrected chi connectivity index (χ2v) is 15.2. The fraction of sp³-hybridized carbons (Fsp3) is 0.438. The number of sulfonamides is 1. The number of aromatic nitrogens is 1. The van der Waals surface area contributed by atoms with E-state index in [-0.39, 0.29) is 22.8 Å². The van der Waals surface area contributed by atoms with Gasteiger partial charge in [0.1, 0.15) is 11.5 Å². The highest BCUT2D eigenvalue weighted by Gasteiger charge is 2.24. The second kappa shape index (κ2) is 13.4. The quantitative estimate of drug-likeness (QED) is 0.240. The Balaban J connectivity index is 1.61. The van der Waals surface area contributed by atoms with Crippen molar-refractivity contribution in [1.29, 1.82) is 0 Å². The predicted octanol–water partition coefficient (Wildman–Crippen LogP) is 6.60. The standard InChI is InChI=1S/C32H41IN4O5S/c1-20-14-26(33)25(19-29(20)42-24-8-11-34-23(18-24)15-21-9-12-37(5)13-10-21)31(38)35-27-16-22(32(2,3)4)17-28(30(27)41-6)36-43(7,39)40/h8,11,14,16-19,21,36H,9-10,12-13,15H2,1-7H3,(H,35,38). The first-order chi connectivity index (χ1) is 20.1. The van der Waals surface area contributed by atoms with Gasteiger partial charge in [-0.05, 0) is 122 Å². The summed E-state index contributed by atoms with van der Waals surface area (Å²) in [5, 5.41) is 2.95. The molecule has 2 aromatic carbocycles. The van der Waals surface area contributed by atoms with Crippen molar-refractivity contribution in [1.82, 2.24) is 9.88 Å². The smallest absolute Gasteiger partial charge is 0.256 e. The highest BCUT2D eigenvalue weighted by Crippen LogP contribution is 2.40. The number of ether oxygens (including phenoxy) is 2. The van der Waals surface area contributed by atoms with Gasteiger partial charge in [0, 0.05) is 21.5 Å². The van der Waals surface area contributed by atoms with E-state index in [4.69, 9.17) is 9.47 Å². The summed E-state index contributed by atoms with van der Waals surface area (Å²) < 4.78 is 39.4. The molecule has 0 radical (unpaired) electrons. The fourth-order valence-electron chi connectivity index (χ4n) is 5.10. The zero-order chi connectivity index (χ0) is 31.5. The summed E-state index contributed by atoms with van der Waals surface area (Å²) in [4.78, 5) is 20.6.